The molecule has 1 amide bonds. The Morgan fingerprint density at radius 2 is 2.09 bits per heavy atom. The van der Waals surface area contributed by atoms with Crippen molar-refractivity contribution in [3.63, 3.8) is 0 Å². The third-order valence-corrected chi connectivity index (χ3v) is 5.78. The average molecular weight is 375 g/mol. The highest BCUT2D eigenvalue weighted by Gasteiger charge is 2.19. The van der Waals surface area contributed by atoms with Gasteiger partial charge in [0, 0.05) is 21.1 Å². The van der Waals surface area contributed by atoms with Gasteiger partial charge in [0.15, 0.2) is 4.34 Å². The molecule has 0 unspecified atom stereocenters. The number of aromatic nitrogens is 1. The van der Waals surface area contributed by atoms with Gasteiger partial charge in [-0.15, -0.1) is 11.3 Å². The molecule has 0 saturated carbocycles. The molecule has 22 heavy (non-hydrogen) atoms. The Labute approximate surface area is 148 Å². The molecule has 2 rings (SSSR count). The molecule has 1 aromatic carbocycles. The third kappa shape index (κ3) is 4.62. The minimum Gasteiger partial charge on any atom is -0.349 e. The summed E-state index contributed by atoms with van der Waals surface area (Å²) >= 11 is 15.1. The maximum Gasteiger partial charge on any atom is 0.233 e. The normalized spacial score (nSPS) is 13.7. The lowest BCUT2D eigenvalue weighted by atomic mass is 10.1. The topological polar surface area (TPSA) is 42.0 Å². The molecule has 3 nitrogen and oxygen atoms in total. The van der Waals surface area contributed by atoms with Gasteiger partial charge in [-0.2, -0.15) is 0 Å². The number of rotatable bonds is 5. The van der Waals surface area contributed by atoms with Crippen LogP contribution in [0.1, 0.15) is 31.1 Å². The summed E-state index contributed by atoms with van der Waals surface area (Å²) in [6, 6.07) is 5.09. The highest BCUT2D eigenvalue weighted by Crippen LogP contribution is 2.29. The van der Waals surface area contributed by atoms with Crippen molar-refractivity contribution >= 4 is 52.2 Å². The van der Waals surface area contributed by atoms with E-state index in [0.717, 1.165) is 15.6 Å². The van der Waals surface area contributed by atoms with Crippen LogP contribution in [-0.2, 0) is 4.79 Å². The molecule has 2 aromatic rings. The number of halogens is 2. The van der Waals surface area contributed by atoms with Crippen molar-refractivity contribution in [2.45, 2.75) is 36.4 Å². The average Bonchev–Trinajstić information content (AvgIpc) is 2.83. The predicted molar refractivity (Wildman–Crippen MR) is 95.2 cm³/mol. The Kier molecular flexibility index (Phi) is 6.15. The molecule has 7 heteroatoms. The van der Waals surface area contributed by atoms with Crippen LogP contribution in [0.4, 0.5) is 0 Å². The minimum absolute atomic E-state index is 0.0450. The molecule has 0 aliphatic rings. The second-order valence-electron chi connectivity index (χ2n) is 4.91. The van der Waals surface area contributed by atoms with Crippen LogP contribution < -0.4 is 5.32 Å². The van der Waals surface area contributed by atoms with Crippen LogP contribution in [0.5, 0.6) is 0 Å². The van der Waals surface area contributed by atoms with Gasteiger partial charge in [0.2, 0.25) is 5.91 Å². The van der Waals surface area contributed by atoms with Crippen molar-refractivity contribution in [2.24, 2.45) is 0 Å². The molecule has 1 aromatic heterocycles. The first-order valence-electron chi connectivity index (χ1n) is 6.71. The first kappa shape index (κ1) is 17.6. The number of hydrogen-bond donors (Lipinski definition) is 1. The van der Waals surface area contributed by atoms with Crippen molar-refractivity contribution in [1.82, 2.24) is 10.3 Å². The lowest BCUT2D eigenvalue weighted by Gasteiger charge is -2.18. The molecular weight excluding hydrogens is 359 g/mol. The zero-order valence-corrected chi connectivity index (χ0v) is 15.5. The third-order valence-electron chi connectivity index (χ3n) is 3.03. The van der Waals surface area contributed by atoms with Gasteiger partial charge in [0.1, 0.15) is 0 Å². The standard InChI is InChI=1S/C15H16Cl2N2OS2/c1-8-7-21-15(18-8)22-10(3)14(20)19-9(2)12-5-4-11(16)6-13(12)17/h4-7,9-10H,1-3H3,(H,19,20)/t9-,10+/m1/s1. The number of carbonyl (C=O) groups is 1. The van der Waals surface area contributed by atoms with Crippen molar-refractivity contribution in [3.05, 3.63) is 44.9 Å². The van der Waals surface area contributed by atoms with Crippen LogP contribution in [-0.4, -0.2) is 16.1 Å². The fraction of sp³-hybridized carbons (Fsp3) is 0.333. The highest BCUT2D eigenvalue weighted by atomic mass is 35.5. The van der Waals surface area contributed by atoms with E-state index in [1.54, 1.807) is 23.5 Å². The molecule has 1 heterocycles. The predicted octanol–water partition coefficient (Wildman–Crippen LogP) is 5.12. The molecular formula is C15H16Cl2N2OS2. The summed E-state index contributed by atoms with van der Waals surface area (Å²) in [5, 5.41) is 5.86. The SMILES string of the molecule is Cc1csc(S[C@@H](C)C(=O)N[C@H](C)c2ccc(Cl)cc2Cl)n1. The van der Waals surface area contributed by atoms with Gasteiger partial charge in [0.05, 0.1) is 11.3 Å². The van der Waals surface area contributed by atoms with Gasteiger partial charge >= 0.3 is 0 Å². The summed E-state index contributed by atoms with van der Waals surface area (Å²) in [7, 11) is 0. The van der Waals surface area contributed by atoms with Crippen LogP contribution >= 0.6 is 46.3 Å². The Hall–Kier alpha value is -0.750. The zero-order chi connectivity index (χ0) is 16.3. The lowest BCUT2D eigenvalue weighted by Crippen LogP contribution is -2.33. The van der Waals surface area contributed by atoms with Crippen LogP contribution in [0.15, 0.2) is 27.9 Å². The fourth-order valence-corrected chi connectivity index (χ4v) is 4.42. The smallest absolute Gasteiger partial charge is 0.233 e. The number of nitrogens with zero attached hydrogens (tertiary/aromatic N) is 1. The fourth-order valence-electron chi connectivity index (χ4n) is 1.85. The largest absolute Gasteiger partial charge is 0.349 e. The number of thioether (sulfide) groups is 1. The Morgan fingerprint density at radius 3 is 2.68 bits per heavy atom. The minimum atomic E-state index is -0.223. The number of hydrogen-bond acceptors (Lipinski definition) is 4. The van der Waals surface area contributed by atoms with Gasteiger partial charge in [-0.05, 0) is 38.5 Å². The summed E-state index contributed by atoms with van der Waals surface area (Å²) < 4.78 is 0.900. The molecule has 0 aliphatic carbocycles. The quantitative estimate of drug-likeness (QED) is 0.738. The highest BCUT2D eigenvalue weighted by molar-refractivity contribution is 8.02. The molecule has 118 valence electrons. The summed E-state index contributed by atoms with van der Waals surface area (Å²) in [5.41, 5.74) is 1.82. The number of aryl methyl sites for hydroxylation is 1. The van der Waals surface area contributed by atoms with Crippen LogP contribution in [0.3, 0.4) is 0 Å². The van der Waals surface area contributed by atoms with E-state index >= 15 is 0 Å². The Morgan fingerprint density at radius 1 is 1.36 bits per heavy atom. The van der Waals surface area contributed by atoms with E-state index in [1.165, 1.54) is 11.8 Å². The van der Waals surface area contributed by atoms with E-state index in [9.17, 15) is 4.79 Å². The summed E-state index contributed by atoms with van der Waals surface area (Å²) in [5.74, 6) is -0.0450. The number of benzene rings is 1. The second kappa shape index (κ2) is 7.68. The lowest BCUT2D eigenvalue weighted by molar-refractivity contribution is -0.120. The summed E-state index contributed by atoms with van der Waals surface area (Å²) in [6.45, 7) is 5.71. The molecule has 0 saturated heterocycles. The second-order valence-corrected chi connectivity index (χ2v) is 8.20. The summed E-state index contributed by atoms with van der Waals surface area (Å²) in [4.78, 5) is 16.7. The molecule has 2 atom stereocenters. The molecule has 0 bridgehead atoms. The molecule has 0 fully saturated rings. The first-order valence-corrected chi connectivity index (χ1v) is 9.22. The van der Waals surface area contributed by atoms with Gasteiger partial charge in [0.25, 0.3) is 0 Å². The number of carbonyl (C=O) groups excluding carboxylic acids is 1. The van der Waals surface area contributed by atoms with Crippen LogP contribution in [0.2, 0.25) is 10.0 Å². The van der Waals surface area contributed by atoms with Gasteiger partial charge < -0.3 is 5.32 Å². The van der Waals surface area contributed by atoms with Crippen LogP contribution in [0.25, 0.3) is 0 Å². The van der Waals surface area contributed by atoms with E-state index < -0.39 is 0 Å². The number of amides is 1. The van der Waals surface area contributed by atoms with E-state index in [2.05, 4.69) is 10.3 Å². The summed E-state index contributed by atoms with van der Waals surface area (Å²) in [6.07, 6.45) is 0. The maximum absolute atomic E-state index is 12.3. The number of thiazole rings is 1. The van der Waals surface area contributed by atoms with E-state index in [0.29, 0.717) is 10.0 Å². The van der Waals surface area contributed by atoms with Gasteiger partial charge in [-0.25, -0.2) is 4.98 Å². The van der Waals surface area contributed by atoms with Crippen molar-refractivity contribution in [2.75, 3.05) is 0 Å². The van der Waals surface area contributed by atoms with Crippen molar-refractivity contribution in [3.8, 4) is 0 Å². The molecule has 0 spiro atoms. The van der Waals surface area contributed by atoms with E-state index in [-0.39, 0.29) is 17.2 Å². The van der Waals surface area contributed by atoms with Crippen molar-refractivity contribution in [1.29, 1.82) is 0 Å². The van der Waals surface area contributed by atoms with Gasteiger partial charge in [-0.1, -0.05) is 41.0 Å². The maximum atomic E-state index is 12.3. The van der Waals surface area contributed by atoms with Gasteiger partial charge in [-0.3, -0.25) is 4.79 Å². The molecule has 1 N–H and O–H groups in total. The Balaban J connectivity index is 1.98. The molecule has 0 radical (unpaired) electrons. The molecule has 0 aliphatic heterocycles. The number of nitrogens with one attached hydrogen (secondary N) is 1. The van der Waals surface area contributed by atoms with Crippen molar-refractivity contribution < 1.29 is 4.79 Å². The van der Waals surface area contributed by atoms with Crippen LogP contribution in [0, 0.1) is 6.92 Å². The monoisotopic (exact) mass is 374 g/mol. The van der Waals surface area contributed by atoms with E-state index in [1.807, 2.05) is 32.2 Å². The Bertz CT molecular complexity index is 675. The zero-order valence-electron chi connectivity index (χ0n) is 12.4. The first-order chi connectivity index (χ1) is 10.4. The van der Waals surface area contributed by atoms with E-state index in [4.69, 9.17) is 23.2 Å².